The molecule has 1 aromatic carbocycles. The van der Waals surface area contributed by atoms with Gasteiger partial charge in [0.25, 0.3) is 5.91 Å². The molecule has 2 bridgehead atoms. The van der Waals surface area contributed by atoms with Crippen LogP contribution < -0.4 is 0 Å². The van der Waals surface area contributed by atoms with Gasteiger partial charge < -0.3 is 14.7 Å². The fourth-order valence-corrected chi connectivity index (χ4v) is 3.54. The van der Waals surface area contributed by atoms with Gasteiger partial charge in [-0.05, 0) is 18.2 Å². The van der Waals surface area contributed by atoms with Crippen LogP contribution in [0.25, 0.3) is 0 Å². The SMILES string of the molecule is O=C(O)CN1C[C@H]2COC[C@@H]1CN(C(=O)c1ccc(F)cc1Cl)C2. The van der Waals surface area contributed by atoms with Gasteiger partial charge in [0.05, 0.1) is 36.4 Å². The molecule has 2 fully saturated rings. The summed E-state index contributed by atoms with van der Waals surface area (Å²) in [5.74, 6) is -1.64. The lowest BCUT2D eigenvalue weighted by Gasteiger charge is -2.30. The van der Waals surface area contributed by atoms with E-state index in [0.29, 0.717) is 32.8 Å². The summed E-state index contributed by atoms with van der Waals surface area (Å²) < 4.78 is 18.8. The van der Waals surface area contributed by atoms with E-state index in [1.165, 1.54) is 12.1 Å². The van der Waals surface area contributed by atoms with Crippen molar-refractivity contribution in [2.45, 2.75) is 6.04 Å². The number of hydrogen-bond acceptors (Lipinski definition) is 4. The quantitative estimate of drug-likeness (QED) is 0.885. The van der Waals surface area contributed by atoms with Crippen molar-refractivity contribution >= 4 is 23.5 Å². The van der Waals surface area contributed by atoms with Crippen LogP contribution in [0.4, 0.5) is 4.39 Å². The van der Waals surface area contributed by atoms with Gasteiger partial charge in [-0.2, -0.15) is 0 Å². The van der Waals surface area contributed by atoms with Crippen molar-refractivity contribution in [1.29, 1.82) is 0 Å². The maximum atomic E-state index is 13.2. The van der Waals surface area contributed by atoms with Gasteiger partial charge in [-0.1, -0.05) is 11.6 Å². The number of halogens is 2. The monoisotopic (exact) mass is 356 g/mol. The minimum absolute atomic E-state index is 0.0278. The molecule has 0 unspecified atom stereocenters. The predicted octanol–water partition coefficient (Wildman–Crippen LogP) is 1.34. The maximum Gasteiger partial charge on any atom is 0.317 e. The van der Waals surface area contributed by atoms with Gasteiger partial charge in [-0.15, -0.1) is 0 Å². The number of amides is 1. The molecule has 6 nitrogen and oxygen atoms in total. The second-order valence-corrected chi connectivity index (χ2v) is 6.62. The molecular formula is C16H18ClFN2O4. The van der Waals surface area contributed by atoms with Gasteiger partial charge >= 0.3 is 5.97 Å². The molecule has 1 aromatic rings. The second-order valence-electron chi connectivity index (χ2n) is 6.21. The summed E-state index contributed by atoms with van der Waals surface area (Å²) in [6.07, 6.45) is 0. The lowest BCUT2D eigenvalue weighted by molar-refractivity contribution is -0.139. The summed E-state index contributed by atoms with van der Waals surface area (Å²) >= 11 is 6.00. The number of aliphatic carboxylic acids is 1. The highest BCUT2D eigenvalue weighted by molar-refractivity contribution is 6.33. The Bertz CT molecular complexity index is 657. The molecule has 2 heterocycles. The van der Waals surface area contributed by atoms with Crippen LogP contribution in [0.5, 0.6) is 0 Å². The molecule has 2 aliphatic rings. The standard InChI is InChI=1S/C16H18ClFN2O4/c17-14-3-11(18)1-2-13(14)16(23)20-5-10-4-19(7-15(21)22)12(6-20)9-24-8-10/h1-3,10,12H,4-9H2,(H,21,22)/t10-,12+/m1/s1. The third-order valence-electron chi connectivity index (χ3n) is 4.37. The molecule has 0 spiro atoms. The van der Waals surface area contributed by atoms with Crippen LogP contribution >= 0.6 is 11.6 Å². The molecule has 2 aliphatic heterocycles. The van der Waals surface area contributed by atoms with E-state index in [1.54, 1.807) is 4.90 Å². The van der Waals surface area contributed by atoms with E-state index in [-0.39, 0.29) is 35.0 Å². The van der Waals surface area contributed by atoms with E-state index < -0.39 is 11.8 Å². The molecule has 24 heavy (non-hydrogen) atoms. The Labute approximate surface area is 143 Å². The number of rotatable bonds is 3. The number of carboxylic acids is 1. The number of benzene rings is 1. The van der Waals surface area contributed by atoms with Crippen LogP contribution in [0.2, 0.25) is 5.02 Å². The zero-order valence-corrected chi connectivity index (χ0v) is 13.7. The lowest BCUT2D eigenvalue weighted by Crippen LogP contribution is -2.47. The minimum Gasteiger partial charge on any atom is -0.480 e. The maximum absolute atomic E-state index is 13.2. The molecule has 8 heteroatoms. The molecule has 2 atom stereocenters. The number of hydrogen-bond donors (Lipinski definition) is 1. The first-order valence-corrected chi connectivity index (χ1v) is 8.09. The fraction of sp³-hybridized carbons (Fsp3) is 0.500. The Morgan fingerprint density at radius 3 is 2.79 bits per heavy atom. The van der Waals surface area contributed by atoms with E-state index in [1.807, 2.05) is 4.90 Å². The van der Waals surface area contributed by atoms with Gasteiger partial charge in [0.2, 0.25) is 0 Å². The fourth-order valence-electron chi connectivity index (χ4n) is 3.30. The van der Waals surface area contributed by atoms with Crippen LogP contribution in [0.15, 0.2) is 18.2 Å². The largest absolute Gasteiger partial charge is 0.480 e. The zero-order chi connectivity index (χ0) is 17.3. The first-order valence-electron chi connectivity index (χ1n) is 7.72. The third kappa shape index (κ3) is 3.68. The van der Waals surface area contributed by atoms with Gasteiger partial charge in [-0.3, -0.25) is 14.5 Å². The number of carbonyl (C=O) groups excluding carboxylic acids is 1. The summed E-state index contributed by atoms with van der Waals surface area (Å²) in [6, 6.07) is 3.52. The van der Waals surface area contributed by atoms with Crippen LogP contribution in [-0.4, -0.2) is 72.2 Å². The van der Waals surface area contributed by atoms with E-state index in [2.05, 4.69) is 0 Å². The van der Waals surface area contributed by atoms with Gasteiger partial charge in [0.1, 0.15) is 5.82 Å². The first-order chi connectivity index (χ1) is 11.4. The Morgan fingerprint density at radius 1 is 1.29 bits per heavy atom. The second kappa shape index (κ2) is 7.04. The average molecular weight is 357 g/mol. The van der Waals surface area contributed by atoms with Crippen molar-refractivity contribution in [2.75, 3.05) is 39.4 Å². The molecule has 130 valence electrons. The van der Waals surface area contributed by atoms with E-state index in [9.17, 15) is 14.0 Å². The molecular weight excluding hydrogens is 339 g/mol. The Balaban J connectivity index is 1.82. The predicted molar refractivity (Wildman–Crippen MR) is 84.6 cm³/mol. The number of carboxylic acid groups (broad SMARTS) is 1. The molecule has 0 saturated carbocycles. The number of ether oxygens (including phenoxy) is 1. The molecule has 0 aliphatic carbocycles. The normalized spacial score (nSPS) is 24.5. The van der Waals surface area contributed by atoms with Crippen LogP contribution in [0.1, 0.15) is 10.4 Å². The Morgan fingerprint density at radius 2 is 2.08 bits per heavy atom. The van der Waals surface area contributed by atoms with E-state index in [0.717, 1.165) is 6.07 Å². The highest BCUT2D eigenvalue weighted by Crippen LogP contribution is 2.24. The topological polar surface area (TPSA) is 70.1 Å². The van der Waals surface area contributed by atoms with Crippen molar-refractivity contribution in [2.24, 2.45) is 5.92 Å². The molecule has 0 aromatic heterocycles. The average Bonchev–Trinajstić information content (AvgIpc) is 2.75. The molecule has 0 radical (unpaired) electrons. The molecule has 3 rings (SSSR count). The van der Waals surface area contributed by atoms with Crippen molar-refractivity contribution in [3.8, 4) is 0 Å². The summed E-state index contributed by atoms with van der Waals surface area (Å²) in [4.78, 5) is 27.4. The molecule has 2 saturated heterocycles. The smallest absolute Gasteiger partial charge is 0.317 e. The van der Waals surface area contributed by atoms with Crippen molar-refractivity contribution in [3.05, 3.63) is 34.6 Å². The van der Waals surface area contributed by atoms with Gasteiger partial charge in [0, 0.05) is 25.6 Å². The number of fused-ring (bicyclic) bond motifs is 3. The van der Waals surface area contributed by atoms with Crippen LogP contribution in [0.3, 0.4) is 0 Å². The highest BCUT2D eigenvalue weighted by atomic mass is 35.5. The van der Waals surface area contributed by atoms with Gasteiger partial charge in [0.15, 0.2) is 0 Å². The summed E-state index contributed by atoms with van der Waals surface area (Å²) in [7, 11) is 0. The summed E-state index contributed by atoms with van der Waals surface area (Å²) in [5.41, 5.74) is 0.253. The highest BCUT2D eigenvalue weighted by Gasteiger charge is 2.36. The number of nitrogens with zero attached hydrogens (tertiary/aromatic N) is 2. The van der Waals surface area contributed by atoms with Crippen LogP contribution in [-0.2, 0) is 9.53 Å². The minimum atomic E-state index is -0.901. The molecule has 1 N–H and O–H groups in total. The number of carbonyl (C=O) groups is 2. The van der Waals surface area contributed by atoms with Crippen molar-refractivity contribution in [3.63, 3.8) is 0 Å². The summed E-state index contributed by atoms with van der Waals surface area (Å²) in [6.45, 7) is 2.16. The first kappa shape index (κ1) is 17.1. The van der Waals surface area contributed by atoms with E-state index in [4.69, 9.17) is 21.4 Å². The van der Waals surface area contributed by atoms with Gasteiger partial charge in [-0.25, -0.2) is 4.39 Å². The van der Waals surface area contributed by atoms with E-state index >= 15 is 0 Å². The summed E-state index contributed by atoms with van der Waals surface area (Å²) in [5, 5.41) is 9.15. The lowest BCUT2D eigenvalue weighted by atomic mass is 10.1. The third-order valence-corrected chi connectivity index (χ3v) is 4.68. The van der Waals surface area contributed by atoms with Crippen LogP contribution in [0, 0.1) is 11.7 Å². The van der Waals surface area contributed by atoms with Crippen molar-refractivity contribution in [1.82, 2.24) is 9.80 Å². The molecule has 1 amide bonds. The Hall–Kier alpha value is -1.70. The van der Waals surface area contributed by atoms with Crippen molar-refractivity contribution < 1.29 is 23.8 Å². The zero-order valence-electron chi connectivity index (χ0n) is 13.0. The Kier molecular flexibility index (Phi) is 5.03.